The molecule has 0 aliphatic carbocycles. The van der Waals surface area contributed by atoms with E-state index in [2.05, 4.69) is 50.1 Å². The van der Waals surface area contributed by atoms with E-state index in [9.17, 15) is 19.2 Å². The summed E-state index contributed by atoms with van der Waals surface area (Å²) in [5.74, 6) is -0.674. The molecule has 1 fully saturated rings. The molecule has 1 saturated heterocycles. The van der Waals surface area contributed by atoms with Crippen LogP contribution in [-0.2, 0) is 24.0 Å². The van der Waals surface area contributed by atoms with Gasteiger partial charge in [-0.2, -0.15) is 0 Å². The summed E-state index contributed by atoms with van der Waals surface area (Å²) in [5.41, 5.74) is 4.17. The van der Waals surface area contributed by atoms with Crippen LogP contribution in [0.4, 0.5) is 9.59 Å². The van der Waals surface area contributed by atoms with Gasteiger partial charge < -0.3 is 19.5 Å². The van der Waals surface area contributed by atoms with Gasteiger partial charge in [0.05, 0.1) is 19.3 Å². The average molecular weight is 588 g/mol. The van der Waals surface area contributed by atoms with Gasteiger partial charge in [0, 0.05) is 6.54 Å². The smallest absolute Gasteiger partial charge is 0.408 e. The minimum absolute atomic E-state index is 0.0399. The van der Waals surface area contributed by atoms with Crippen molar-refractivity contribution in [3.63, 3.8) is 0 Å². The number of hydrogen-bond donors (Lipinski definition) is 3. The maximum Gasteiger partial charge on any atom is 0.408 e. The normalized spacial score (nSPS) is 18.5. The highest BCUT2D eigenvalue weighted by Gasteiger charge is 2.58. The molecule has 13 heteroatoms. The lowest BCUT2D eigenvalue weighted by Crippen LogP contribution is -2.80. The first-order valence-corrected chi connectivity index (χ1v) is 17.3. The number of hydrogen-bond acceptors (Lipinski definition) is 7. The van der Waals surface area contributed by atoms with Crippen molar-refractivity contribution >= 4 is 32.2 Å². The Bertz CT molecular complexity index is 872. The lowest BCUT2D eigenvalue weighted by Gasteiger charge is -2.57. The highest BCUT2D eigenvalue weighted by Crippen LogP contribution is 2.43. The summed E-state index contributed by atoms with van der Waals surface area (Å²) < 4.78 is 7.18. The zero-order valence-electron chi connectivity index (χ0n) is 26.4. The molecule has 0 aromatic heterocycles. The van der Waals surface area contributed by atoms with Gasteiger partial charge in [-0.05, 0) is 45.6 Å². The van der Waals surface area contributed by atoms with Gasteiger partial charge in [0.1, 0.15) is 17.7 Å². The number of β-lactam (4-membered cyclic amide) rings is 1. The highest BCUT2D eigenvalue weighted by atomic mass is 28.3. The second-order valence-corrected chi connectivity index (χ2v) is 17.8. The number of urea groups is 1. The molecular formula is C27H53N5O7Si. The van der Waals surface area contributed by atoms with Crippen molar-refractivity contribution in [2.24, 2.45) is 0 Å². The maximum atomic E-state index is 13.3. The van der Waals surface area contributed by atoms with Gasteiger partial charge in [-0.1, -0.05) is 60.6 Å². The first kappa shape index (κ1) is 35.6. The lowest BCUT2D eigenvalue weighted by molar-refractivity contribution is -0.152. The Labute approximate surface area is 241 Å². The Hall–Kier alpha value is -2.38. The fourth-order valence-corrected chi connectivity index (χ4v) is 6.69. The number of carbonyl (C=O) groups is 4. The molecule has 0 aromatic carbocycles. The molecule has 1 aliphatic rings. The largest absolute Gasteiger partial charge is 0.444 e. The van der Waals surface area contributed by atoms with Crippen molar-refractivity contribution in [2.75, 3.05) is 19.8 Å². The molecule has 0 saturated carbocycles. The number of rotatable bonds is 14. The van der Waals surface area contributed by atoms with E-state index < -0.39 is 50.0 Å². The van der Waals surface area contributed by atoms with E-state index in [0.29, 0.717) is 26.0 Å². The van der Waals surface area contributed by atoms with Gasteiger partial charge in [0.25, 0.3) is 5.91 Å². The maximum absolute atomic E-state index is 13.3. The van der Waals surface area contributed by atoms with E-state index in [1.165, 1.54) is 4.90 Å². The number of nitrogens with zero attached hydrogens (tertiary/aromatic N) is 2. The monoisotopic (exact) mass is 587 g/mol. The van der Waals surface area contributed by atoms with Crippen LogP contribution in [0.2, 0.25) is 18.1 Å². The third-order valence-corrected chi connectivity index (χ3v) is 12.8. The molecule has 0 bridgehead atoms. The minimum Gasteiger partial charge on any atom is -0.444 e. The predicted octanol–water partition coefficient (Wildman–Crippen LogP) is 4.08. The second kappa shape index (κ2) is 15.0. The number of ether oxygens (including phenoxy) is 1. The van der Waals surface area contributed by atoms with Gasteiger partial charge in [-0.25, -0.2) is 20.5 Å². The molecular weight excluding hydrogens is 534 g/mol. The van der Waals surface area contributed by atoms with E-state index in [4.69, 9.17) is 14.4 Å². The van der Waals surface area contributed by atoms with Gasteiger partial charge in [-0.15, -0.1) is 0 Å². The van der Waals surface area contributed by atoms with Crippen molar-refractivity contribution in [3.05, 3.63) is 0 Å². The third-order valence-electron chi connectivity index (χ3n) is 7.36. The van der Waals surface area contributed by atoms with Crippen LogP contribution < -0.4 is 16.3 Å². The van der Waals surface area contributed by atoms with Gasteiger partial charge in [-0.3, -0.25) is 19.3 Å². The standard InChI is InChI=1S/C27H53N5O7Si/c1-12-15-17-37-30-24(35)31(14-3)19(16-13-2)22(33)29-38-18-20-21(28-25(36)39-26(4,5)6)23(34)32(20)40(10,11)27(7,8)9/h19-21H,12-18H2,1-11H3,(H,28,36)(H,29,33)(H,30,35)/t19-,20?,21?/m0/s1. The summed E-state index contributed by atoms with van der Waals surface area (Å²) in [5, 5.41) is 2.53. The number of alkyl carbamates (subject to hydrolysis) is 1. The van der Waals surface area contributed by atoms with Crippen molar-refractivity contribution < 1.29 is 33.6 Å². The number of hydroxylamine groups is 2. The first-order valence-electron chi connectivity index (χ1n) is 14.4. The molecule has 2 unspecified atom stereocenters. The second-order valence-electron chi connectivity index (χ2n) is 12.7. The number of unbranched alkanes of at least 4 members (excludes halogenated alkanes) is 1. The van der Waals surface area contributed by atoms with E-state index in [1.54, 1.807) is 27.7 Å². The molecule has 40 heavy (non-hydrogen) atoms. The summed E-state index contributed by atoms with van der Waals surface area (Å²) in [6, 6.07) is -2.61. The minimum atomic E-state index is -2.33. The summed E-state index contributed by atoms with van der Waals surface area (Å²) in [6.07, 6.45) is 2.13. The number of likely N-dealkylation sites (N-methyl/N-ethyl adjacent to an activating group) is 1. The van der Waals surface area contributed by atoms with Gasteiger partial charge in [0.15, 0.2) is 8.24 Å². The molecule has 3 N–H and O–H groups in total. The molecule has 1 rings (SSSR count). The highest BCUT2D eigenvalue weighted by molar-refractivity contribution is 6.80. The summed E-state index contributed by atoms with van der Waals surface area (Å²) in [7, 11) is -2.33. The fourth-order valence-electron chi connectivity index (χ4n) is 4.22. The Morgan fingerprint density at radius 2 is 1.62 bits per heavy atom. The number of carbonyl (C=O) groups excluding carboxylic acids is 4. The van der Waals surface area contributed by atoms with Crippen LogP contribution in [0.1, 0.15) is 88.0 Å². The number of amides is 5. The summed E-state index contributed by atoms with van der Waals surface area (Å²) in [4.78, 5) is 63.9. The molecule has 3 atom stereocenters. The fraction of sp³-hybridized carbons (Fsp3) is 0.852. The topological polar surface area (TPSA) is 139 Å². The van der Waals surface area contributed by atoms with Crippen molar-refractivity contribution in [2.45, 2.75) is 130 Å². The molecule has 0 spiro atoms. The molecule has 0 aromatic rings. The molecule has 5 amide bonds. The van der Waals surface area contributed by atoms with Crippen LogP contribution in [0.25, 0.3) is 0 Å². The van der Waals surface area contributed by atoms with Crippen LogP contribution in [0.5, 0.6) is 0 Å². The lowest BCUT2D eigenvalue weighted by atomic mass is 10.00. The van der Waals surface area contributed by atoms with Crippen molar-refractivity contribution in [1.29, 1.82) is 0 Å². The first-order chi connectivity index (χ1) is 18.4. The molecule has 232 valence electrons. The average Bonchev–Trinajstić information content (AvgIpc) is 2.82. The van der Waals surface area contributed by atoms with Crippen molar-refractivity contribution in [1.82, 2.24) is 25.7 Å². The van der Waals surface area contributed by atoms with Crippen LogP contribution >= 0.6 is 0 Å². The van der Waals surface area contributed by atoms with E-state index in [1.807, 2.05) is 18.4 Å². The van der Waals surface area contributed by atoms with Crippen molar-refractivity contribution in [3.8, 4) is 0 Å². The van der Waals surface area contributed by atoms with Crippen LogP contribution in [0, 0.1) is 0 Å². The Balaban J connectivity index is 2.99. The quantitative estimate of drug-likeness (QED) is 0.120. The number of nitrogens with one attached hydrogen (secondary N) is 3. The van der Waals surface area contributed by atoms with Gasteiger partial charge >= 0.3 is 12.1 Å². The van der Waals surface area contributed by atoms with Crippen LogP contribution in [-0.4, -0.2) is 85.1 Å². The molecule has 1 aliphatic heterocycles. The summed E-state index contributed by atoms with van der Waals surface area (Å²) >= 11 is 0. The third kappa shape index (κ3) is 9.62. The van der Waals surface area contributed by atoms with E-state index in [0.717, 1.165) is 12.8 Å². The Morgan fingerprint density at radius 1 is 1.00 bits per heavy atom. The summed E-state index contributed by atoms with van der Waals surface area (Å²) in [6.45, 7) is 22.1. The molecule has 12 nitrogen and oxygen atoms in total. The SMILES string of the molecule is CCCCONC(=O)N(CC)[C@@H](CCC)C(=O)NOCC1C(NC(=O)OC(C)(C)C)C(=O)N1[Si](C)(C)C(C)(C)C. The van der Waals surface area contributed by atoms with Crippen LogP contribution in [0.15, 0.2) is 0 Å². The Morgan fingerprint density at radius 3 is 2.12 bits per heavy atom. The molecule has 0 radical (unpaired) electrons. The Kier molecular flexibility index (Phi) is 13.4. The predicted molar refractivity (Wildman–Crippen MR) is 156 cm³/mol. The van der Waals surface area contributed by atoms with Gasteiger partial charge in [0.2, 0.25) is 5.91 Å². The van der Waals surface area contributed by atoms with Crippen LogP contribution in [0.3, 0.4) is 0 Å². The zero-order chi connectivity index (χ0) is 30.9. The van der Waals surface area contributed by atoms with E-state index >= 15 is 0 Å². The van der Waals surface area contributed by atoms with E-state index in [-0.39, 0.29) is 17.6 Å². The molecule has 1 heterocycles. The zero-order valence-corrected chi connectivity index (χ0v) is 27.4.